The number of fused-ring (bicyclic) bond motifs is 11. The molecule has 13 rings (SSSR count). The van der Waals surface area contributed by atoms with Gasteiger partial charge in [0.05, 0.1) is 22.1 Å². The van der Waals surface area contributed by atoms with Crippen LogP contribution in [0, 0.1) is 0 Å². The second-order valence-electron chi connectivity index (χ2n) is 15.8. The van der Waals surface area contributed by atoms with Crippen molar-refractivity contribution in [2.75, 3.05) is 0 Å². The first-order valence-electron chi connectivity index (χ1n) is 20.7. The summed E-state index contributed by atoms with van der Waals surface area (Å²) in [6, 6.07) is 72.0. The minimum atomic E-state index is -0.459. The van der Waals surface area contributed by atoms with E-state index < -0.39 is 6.17 Å². The lowest BCUT2D eigenvalue weighted by atomic mass is 10.0. The molecule has 0 saturated heterocycles. The number of hydrogen-bond donors (Lipinski definition) is 1. The summed E-state index contributed by atoms with van der Waals surface area (Å²) in [7, 11) is 0. The fourth-order valence-electron chi connectivity index (χ4n) is 9.60. The first kappa shape index (κ1) is 34.1. The van der Waals surface area contributed by atoms with Crippen molar-refractivity contribution >= 4 is 97.6 Å². The summed E-state index contributed by atoms with van der Waals surface area (Å²) in [4.78, 5) is 10.7. The number of amidine groups is 2. The molecular formula is C55H35N5S. The molecule has 4 heterocycles. The first-order chi connectivity index (χ1) is 30.2. The molecule has 12 aromatic rings. The highest BCUT2D eigenvalue weighted by Crippen LogP contribution is 2.42. The van der Waals surface area contributed by atoms with E-state index in [0.717, 1.165) is 50.6 Å². The van der Waals surface area contributed by atoms with Gasteiger partial charge in [0.1, 0.15) is 11.7 Å². The smallest absolute Gasteiger partial charge is 0.169 e. The molecule has 286 valence electrons. The van der Waals surface area contributed by atoms with Crippen LogP contribution in [-0.2, 0) is 0 Å². The maximum absolute atomic E-state index is 5.36. The molecule has 6 heteroatoms. The standard InChI is InChI=1S/C55H35N5S/c1-2-15-37(16-3-1)59-47-22-9-6-18-40(47)43-30-31-44-41-19-7-10-23-48(41)60(52(44)51(43)59)38-28-25-35(26-29-38)53-56-54(36-27-32-50-46(33-36)42-20-8-11-24-49(42)61-50)58-55(57-53)45-21-12-14-34-13-4-5-17-39(34)45/h1-33,53H,(H,56,57,58). The Kier molecular flexibility index (Phi) is 7.47. The third kappa shape index (κ3) is 5.26. The molecular weight excluding hydrogens is 763 g/mol. The molecule has 61 heavy (non-hydrogen) atoms. The van der Waals surface area contributed by atoms with Crippen LogP contribution < -0.4 is 5.32 Å². The number of rotatable bonds is 5. The summed E-state index contributed by atoms with van der Waals surface area (Å²) in [5, 5.41) is 13.4. The number of aliphatic imine (C=N–C) groups is 2. The van der Waals surface area contributed by atoms with Gasteiger partial charge in [-0.1, -0.05) is 140 Å². The van der Waals surface area contributed by atoms with Crippen LogP contribution in [-0.4, -0.2) is 20.8 Å². The van der Waals surface area contributed by atoms with E-state index >= 15 is 0 Å². The maximum atomic E-state index is 5.36. The van der Waals surface area contributed by atoms with Crippen LogP contribution in [0.25, 0.3) is 85.9 Å². The van der Waals surface area contributed by atoms with E-state index in [1.54, 1.807) is 0 Å². The van der Waals surface area contributed by atoms with E-state index in [2.05, 4.69) is 215 Å². The molecule has 0 saturated carbocycles. The highest BCUT2D eigenvalue weighted by molar-refractivity contribution is 7.25. The van der Waals surface area contributed by atoms with E-state index in [-0.39, 0.29) is 0 Å². The minimum absolute atomic E-state index is 0.459. The molecule has 1 aliphatic rings. The third-order valence-corrected chi connectivity index (χ3v) is 13.5. The van der Waals surface area contributed by atoms with Crippen molar-refractivity contribution < 1.29 is 0 Å². The van der Waals surface area contributed by atoms with Gasteiger partial charge in [0.25, 0.3) is 0 Å². The van der Waals surface area contributed by atoms with Crippen LogP contribution in [0.5, 0.6) is 0 Å². The van der Waals surface area contributed by atoms with E-state index in [1.807, 2.05) is 11.3 Å². The molecule has 9 aromatic carbocycles. The van der Waals surface area contributed by atoms with E-state index in [1.165, 1.54) is 63.7 Å². The van der Waals surface area contributed by atoms with Gasteiger partial charge in [-0.3, -0.25) is 0 Å². The Bertz CT molecular complexity index is 3790. The zero-order valence-electron chi connectivity index (χ0n) is 32.8. The number of thiophene rings is 1. The van der Waals surface area contributed by atoms with Crippen molar-refractivity contribution in [1.29, 1.82) is 0 Å². The zero-order valence-corrected chi connectivity index (χ0v) is 33.6. The average Bonchev–Trinajstić information content (AvgIpc) is 3.99. The van der Waals surface area contributed by atoms with Gasteiger partial charge in [-0.2, -0.15) is 0 Å². The van der Waals surface area contributed by atoms with E-state index in [0.29, 0.717) is 0 Å². The van der Waals surface area contributed by atoms with Gasteiger partial charge < -0.3 is 14.5 Å². The summed E-state index contributed by atoms with van der Waals surface area (Å²) >= 11 is 1.83. The van der Waals surface area contributed by atoms with Crippen molar-refractivity contribution in [2.45, 2.75) is 6.17 Å². The molecule has 3 aromatic heterocycles. The number of aromatic nitrogens is 2. The van der Waals surface area contributed by atoms with Crippen LogP contribution in [0.4, 0.5) is 0 Å². The number of hydrogen-bond acceptors (Lipinski definition) is 4. The van der Waals surface area contributed by atoms with Gasteiger partial charge in [0.15, 0.2) is 6.17 Å². The number of nitrogens with one attached hydrogen (secondary N) is 1. The van der Waals surface area contributed by atoms with Crippen molar-refractivity contribution in [3.8, 4) is 11.4 Å². The Morgan fingerprint density at radius 1 is 0.410 bits per heavy atom. The molecule has 0 radical (unpaired) electrons. The van der Waals surface area contributed by atoms with Crippen LogP contribution in [0.1, 0.15) is 22.9 Å². The van der Waals surface area contributed by atoms with E-state index in [4.69, 9.17) is 9.98 Å². The Morgan fingerprint density at radius 2 is 0.984 bits per heavy atom. The highest BCUT2D eigenvalue weighted by Gasteiger charge is 2.24. The first-order valence-corrected chi connectivity index (χ1v) is 21.5. The molecule has 1 atom stereocenters. The topological polar surface area (TPSA) is 46.6 Å². The van der Waals surface area contributed by atoms with Gasteiger partial charge in [-0.25, -0.2) is 9.98 Å². The fraction of sp³-hybridized carbons (Fsp3) is 0.0182. The zero-order chi connectivity index (χ0) is 40.0. The molecule has 1 unspecified atom stereocenters. The normalized spacial score (nSPS) is 14.4. The third-order valence-electron chi connectivity index (χ3n) is 12.4. The van der Waals surface area contributed by atoms with E-state index in [9.17, 15) is 0 Å². The Labute approximate surface area is 354 Å². The van der Waals surface area contributed by atoms with Crippen LogP contribution in [0.2, 0.25) is 0 Å². The summed E-state index contributed by atoms with van der Waals surface area (Å²) in [5.41, 5.74) is 10.1. The molecule has 1 N–H and O–H groups in total. The monoisotopic (exact) mass is 797 g/mol. The summed E-state index contributed by atoms with van der Waals surface area (Å²) in [5.74, 6) is 1.62. The van der Waals surface area contributed by atoms with Crippen molar-refractivity contribution in [3.63, 3.8) is 0 Å². The Hall–Kier alpha value is -7.80. The van der Waals surface area contributed by atoms with Crippen molar-refractivity contribution in [1.82, 2.24) is 14.5 Å². The second-order valence-corrected chi connectivity index (χ2v) is 16.9. The Morgan fingerprint density at radius 3 is 1.72 bits per heavy atom. The molecule has 0 amide bonds. The lowest BCUT2D eigenvalue weighted by molar-refractivity contribution is 0.756. The lowest BCUT2D eigenvalue weighted by Crippen LogP contribution is -2.36. The van der Waals surface area contributed by atoms with Crippen LogP contribution >= 0.6 is 11.3 Å². The summed E-state index contributed by atoms with van der Waals surface area (Å²) in [6.45, 7) is 0. The maximum Gasteiger partial charge on any atom is 0.169 e. The average molecular weight is 798 g/mol. The van der Waals surface area contributed by atoms with Gasteiger partial charge in [0.2, 0.25) is 0 Å². The molecule has 0 aliphatic carbocycles. The SMILES string of the molecule is c1ccc(-n2c3ccccc3c3ccc4c5ccccc5n(-c5ccc(C6N=C(c7ccc8sc9ccccc9c8c7)NC(c7cccc8ccccc78)=N6)cc5)c4c32)cc1. The summed E-state index contributed by atoms with van der Waals surface area (Å²) in [6.07, 6.45) is -0.459. The number of benzene rings is 9. The van der Waals surface area contributed by atoms with Gasteiger partial charge >= 0.3 is 0 Å². The number of para-hydroxylation sites is 3. The van der Waals surface area contributed by atoms with Crippen molar-refractivity contribution in [3.05, 3.63) is 217 Å². The second kappa shape index (κ2) is 13.4. The molecule has 0 spiro atoms. The summed E-state index contributed by atoms with van der Waals surface area (Å²) < 4.78 is 7.43. The van der Waals surface area contributed by atoms with Gasteiger partial charge in [-0.15, -0.1) is 11.3 Å². The quantitative estimate of drug-likeness (QED) is 0.185. The lowest BCUT2D eigenvalue weighted by Gasteiger charge is -2.23. The predicted molar refractivity (Wildman–Crippen MR) is 257 cm³/mol. The van der Waals surface area contributed by atoms with Crippen LogP contribution in [0.15, 0.2) is 210 Å². The highest BCUT2D eigenvalue weighted by atomic mass is 32.1. The minimum Gasteiger partial charge on any atom is -0.324 e. The van der Waals surface area contributed by atoms with Gasteiger partial charge in [0, 0.05) is 64.2 Å². The Balaban J connectivity index is 1.00. The predicted octanol–water partition coefficient (Wildman–Crippen LogP) is 13.9. The molecule has 0 fully saturated rings. The molecule has 0 bridgehead atoms. The largest absolute Gasteiger partial charge is 0.324 e. The van der Waals surface area contributed by atoms with Gasteiger partial charge in [-0.05, 0) is 77.0 Å². The molecule has 5 nitrogen and oxygen atoms in total. The van der Waals surface area contributed by atoms with Crippen molar-refractivity contribution in [2.24, 2.45) is 9.98 Å². The van der Waals surface area contributed by atoms with Crippen LogP contribution in [0.3, 0.4) is 0 Å². The molecule has 1 aliphatic heterocycles. The fourth-order valence-corrected chi connectivity index (χ4v) is 10.7. The number of nitrogens with zero attached hydrogens (tertiary/aromatic N) is 4.